The Kier molecular flexibility index (Phi) is 13.3. The molecule has 1 aliphatic rings. The van der Waals surface area contributed by atoms with Crippen molar-refractivity contribution in [3.05, 3.63) is 23.8 Å². The molecule has 2 rings (SSSR count). The highest BCUT2D eigenvalue weighted by Gasteiger charge is 2.40. The highest BCUT2D eigenvalue weighted by atomic mass is 16.7. The van der Waals surface area contributed by atoms with Gasteiger partial charge in [0.2, 0.25) is 30.4 Å². The monoisotopic (exact) mass is 603 g/mol. The summed E-state index contributed by atoms with van der Waals surface area (Å²) in [5.74, 6) is -0.410. The summed E-state index contributed by atoms with van der Waals surface area (Å²) >= 11 is 0. The fourth-order valence-corrected chi connectivity index (χ4v) is 5.58. The van der Waals surface area contributed by atoms with Crippen LogP contribution in [0.5, 0.6) is 11.5 Å². The number of amides is 4. The van der Waals surface area contributed by atoms with Crippen molar-refractivity contribution < 1.29 is 28.7 Å². The summed E-state index contributed by atoms with van der Waals surface area (Å²) in [4.78, 5) is 57.0. The van der Waals surface area contributed by atoms with Crippen LogP contribution in [-0.4, -0.2) is 92.1 Å². The quantitative estimate of drug-likeness (QED) is 0.281. The molecule has 0 saturated heterocycles. The Morgan fingerprint density at radius 1 is 0.744 bits per heavy atom. The molecule has 4 amide bonds. The molecule has 0 saturated carbocycles. The summed E-state index contributed by atoms with van der Waals surface area (Å²) in [6, 6.07) is 2.85. The Hall–Kier alpha value is -3.34. The SMILES string of the molecule is CN[C@H](C(=O)N[C@H](C(=O)N(C)[C@H](C(=O)N(C)[C@H](C(=O)NCCc1ccc2c(c1)OCO2)C(C)C)C(C)C)C(C)C)C(C)C. The van der Waals surface area contributed by atoms with Crippen molar-refractivity contribution in [1.82, 2.24) is 25.8 Å². The van der Waals surface area contributed by atoms with E-state index in [0.29, 0.717) is 24.5 Å². The number of benzene rings is 1. The summed E-state index contributed by atoms with van der Waals surface area (Å²) < 4.78 is 10.8. The molecule has 3 N–H and O–H groups in total. The smallest absolute Gasteiger partial charge is 0.246 e. The van der Waals surface area contributed by atoms with Crippen LogP contribution in [0.2, 0.25) is 0 Å². The zero-order valence-corrected chi connectivity index (χ0v) is 27.8. The molecule has 0 spiro atoms. The number of fused-ring (bicyclic) bond motifs is 1. The second-order valence-electron chi connectivity index (χ2n) is 12.7. The standard InChI is InChI=1S/C32H53N5O6/c1-18(2)25(33-9)29(38)35-26(19(3)4)31(40)37(11)28(21(7)8)32(41)36(10)27(20(5)6)30(39)34-15-14-22-12-13-23-24(16-22)43-17-42-23/h12-13,16,18-21,25-28,33H,14-15,17H2,1-11H3,(H,34,39)(H,35,38)/t25-,26-,27-,28-/m0/s1. The highest BCUT2D eigenvalue weighted by Crippen LogP contribution is 2.32. The molecule has 0 bridgehead atoms. The van der Waals surface area contributed by atoms with E-state index in [1.165, 1.54) is 9.80 Å². The van der Waals surface area contributed by atoms with Gasteiger partial charge in [0.15, 0.2) is 11.5 Å². The van der Waals surface area contributed by atoms with Crippen LogP contribution >= 0.6 is 0 Å². The maximum Gasteiger partial charge on any atom is 0.246 e. The third-order valence-corrected chi connectivity index (χ3v) is 7.95. The Bertz CT molecular complexity index is 1120. The van der Waals surface area contributed by atoms with Crippen LogP contribution in [0.15, 0.2) is 18.2 Å². The predicted octanol–water partition coefficient (Wildman–Crippen LogP) is 2.42. The summed E-state index contributed by atoms with van der Waals surface area (Å²) in [5, 5.41) is 8.89. The number of rotatable bonds is 15. The summed E-state index contributed by atoms with van der Waals surface area (Å²) in [7, 11) is 4.92. The van der Waals surface area contributed by atoms with Gasteiger partial charge in [-0.15, -0.1) is 0 Å². The largest absolute Gasteiger partial charge is 0.454 e. The fraction of sp³-hybridized carbons (Fsp3) is 0.688. The van der Waals surface area contributed by atoms with E-state index in [9.17, 15) is 19.2 Å². The Morgan fingerprint density at radius 3 is 1.84 bits per heavy atom. The van der Waals surface area contributed by atoms with Crippen LogP contribution in [0.4, 0.5) is 0 Å². The van der Waals surface area contributed by atoms with Gasteiger partial charge in [0, 0.05) is 20.6 Å². The predicted molar refractivity (Wildman–Crippen MR) is 167 cm³/mol. The zero-order chi connectivity index (χ0) is 32.6. The highest BCUT2D eigenvalue weighted by molar-refractivity contribution is 5.95. The molecule has 242 valence electrons. The lowest BCUT2D eigenvalue weighted by Crippen LogP contribution is -2.61. The first kappa shape index (κ1) is 35.9. The minimum Gasteiger partial charge on any atom is -0.454 e. The lowest BCUT2D eigenvalue weighted by molar-refractivity contribution is -0.151. The fourth-order valence-electron chi connectivity index (χ4n) is 5.58. The number of ether oxygens (including phenoxy) is 2. The van der Waals surface area contributed by atoms with Gasteiger partial charge in [-0.1, -0.05) is 61.5 Å². The van der Waals surface area contributed by atoms with Crippen LogP contribution in [0.25, 0.3) is 0 Å². The molecule has 1 heterocycles. The average Bonchev–Trinajstić information content (AvgIpc) is 3.39. The van der Waals surface area contributed by atoms with Crippen LogP contribution in [0.3, 0.4) is 0 Å². The molecule has 0 unspecified atom stereocenters. The van der Waals surface area contributed by atoms with Crippen molar-refractivity contribution in [2.45, 2.75) is 86.0 Å². The van der Waals surface area contributed by atoms with E-state index in [4.69, 9.17) is 9.47 Å². The van der Waals surface area contributed by atoms with Crippen molar-refractivity contribution in [3.8, 4) is 11.5 Å². The van der Waals surface area contributed by atoms with Gasteiger partial charge in [0.1, 0.15) is 18.1 Å². The summed E-state index contributed by atoms with van der Waals surface area (Å²) in [5.41, 5.74) is 0.997. The summed E-state index contributed by atoms with van der Waals surface area (Å²) in [6.07, 6.45) is 0.588. The Morgan fingerprint density at radius 2 is 1.30 bits per heavy atom. The van der Waals surface area contributed by atoms with Gasteiger partial charge in [-0.25, -0.2) is 0 Å². The van der Waals surface area contributed by atoms with Crippen LogP contribution < -0.4 is 25.4 Å². The molecular formula is C32H53N5O6. The number of hydrogen-bond acceptors (Lipinski definition) is 7. The Balaban J connectivity index is 2.15. The minimum absolute atomic E-state index is 0.0282. The van der Waals surface area contributed by atoms with Gasteiger partial charge in [-0.05, 0) is 54.8 Å². The van der Waals surface area contributed by atoms with Gasteiger partial charge >= 0.3 is 0 Å². The van der Waals surface area contributed by atoms with E-state index < -0.39 is 24.2 Å². The number of nitrogens with one attached hydrogen (secondary N) is 3. The molecule has 0 fully saturated rings. The molecule has 1 aromatic rings. The average molecular weight is 604 g/mol. The van der Waals surface area contributed by atoms with E-state index >= 15 is 0 Å². The molecule has 0 radical (unpaired) electrons. The lowest BCUT2D eigenvalue weighted by Gasteiger charge is -2.39. The minimum atomic E-state index is -0.830. The van der Waals surface area contributed by atoms with Crippen molar-refractivity contribution in [3.63, 3.8) is 0 Å². The molecule has 0 aliphatic carbocycles. The second-order valence-corrected chi connectivity index (χ2v) is 12.7. The van der Waals surface area contributed by atoms with E-state index in [2.05, 4.69) is 16.0 Å². The first-order valence-corrected chi connectivity index (χ1v) is 15.3. The molecule has 1 aromatic carbocycles. The van der Waals surface area contributed by atoms with Crippen LogP contribution in [0.1, 0.15) is 61.0 Å². The van der Waals surface area contributed by atoms with E-state index in [0.717, 1.165) is 5.56 Å². The molecule has 11 heteroatoms. The molecule has 43 heavy (non-hydrogen) atoms. The molecular weight excluding hydrogens is 550 g/mol. The lowest BCUT2D eigenvalue weighted by atomic mass is 9.95. The van der Waals surface area contributed by atoms with Crippen LogP contribution in [0, 0.1) is 23.7 Å². The normalized spacial score (nSPS) is 15.3. The van der Waals surface area contributed by atoms with Gasteiger partial charge in [0.25, 0.3) is 0 Å². The van der Waals surface area contributed by atoms with Crippen molar-refractivity contribution in [1.29, 1.82) is 0 Å². The maximum absolute atomic E-state index is 14.0. The number of nitrogens with zero attached hydrogens (tertiary/aromatic N) is 2. The second kappa shape index (κ2) is 15.9. The number of hydrogen-bond donors (Lipinski definition) is 3. The van der Waals surface area contributed by atoms with E-state index in [1.807, 2.05) is 73.6 Å². The molecule has 0 aromatic heterocycles. The number of carbonyl (C=O) groups is 4. The van der Waals surface area contributed by atoms with Crippen molar-refractivity contribution in [2.75, 3.05) is 34.5 Å². The first-order chi connectivity index (χ1) is 20.1. The first-order valence-electron chi connectivity index (χ1n) is 15.3. The molecule has 11 nitrogen and oxygen atoms in total. The number of likely N-dealkylation sites (N-methyl/N-ethyl adjacent to an activating group) is 3. The van der Waals surface area contributed by atoms with Crippen LogP contribution in [-0.2, 0) is 25.6 Å². The maximum atomic E-state index is 14.0. The van der Waals surface area contributed by atoms with Gasteiger partial charge in [-0.2, -0.15) is 0 Å². The van der Waals surface area contributed by atoms with Crippen molar-refractivity contribution >= 4 is 23.6 Å². The Labute approximate surface area is 257 Å². The van der Waals surface area contributed by atoms with Gasteiger partial charge in [-0.3, -0.25) is 19.2 Å². The summed E-state index contributed by atoms with van der Waals surface area (Å²) in [6.45, 7) is 15.7. The molecule has 4 atom stereocenters. The third-order valence-electron chi connectivity index (χ3n) is 7.95. The molecule has 1 aliphatic heterocycles. The topological polar surface area (TPSA) is 129 Å². The van der Waals surface area contributed by atoms with E-state index in [-0.39, 0.29) is 54.1 Å². The van der Waals surface area contributed by atoms with E-state index in [1.54, 1.807) is 21.1 Å². The zero-order valence-electron chi connectivity index (χ0n) is 27.8. The van der Waals surface area contributed by atoms with Gasteiger partial charge in [0.05, 0.1) is 6.04 Å². The third kappa shape index (κ3) is 9.08. The van der Waals surface area contributed by atoms with Crippen molar-refractivity contribution in [2.24, 2.45) is 23.7 Å². The number of carbonyl (C=O) groups excluding carboxylic acids is 4. The van der Waals surface area contributed by atoms with Gasteiger partial charge < -0.3 is 35.2 Å².